The van der Waals surface area contributed by atoms with E-state index in [9.17, 15) is 9.90 Å². The van der Waals surface area contributed by atoms with E-state index in [1.54, 1.807) is 12.1 Å². The van der Waals surface area contributed by atoms with Crippen LogP contribution in [0.15, 0.2) is 42.7 Å². The van der Waals surface area contributed by atoms with Crippen LogP contribution in [-0.2, 0) is 4.74 Å². The number of fused-ring (bicyclic) bond motifs is 2. The van der Waals surface area contributed by atoms with E-state index < -0.39 is 5.60 Å². The molecule has 0 saturated carbocycles. The lowest BCUT2D eigenvalue weighted by Gasteiger charge is -2.42. The predicted molar refractivity (Wildman–Crippen MR) is 174 cm³/mol. The average molecular weight is 616 g/mol. The molecule has 0 aliphatic carbocycles. The number of benzene rings is 1. The van der Waals surface area contributed by atoms with Crippen LogP contribution in [0, 0.1) is 0 Å². The van der Waals surface area contributed by atoms with Crippen LogP contribution in [0.5, 0.6) is 5.75 Å². The summed E-state index contributed by atoms with van der Waals surface area (Å²) in [7, 11) is 0. The van der Waals surface area contributed by atoms with Gasteiger partial charge in [0.25, 0.3) is 0 Å². The number of alkyl carbamates (subject to hydrolysis) is 1. The van der Waals surface area contributed by atoms with E-state index in [1.807, 2.05) is 51.4 Å². The normalized spacial score (nSPS) is 20.8. The molecule has 45 heavy (non-hydrogen) atoms. The molecule has 3 fully saturated rings. The van der Waals surface area contributed by atoms with Crippen LogP contribution in [0.4, 0.5) is 22.2 Å². The summed E-state index contributed by atoms with van der Waals surface area (Å²) >= 11 is 0. The van der Waals surface area contributed by atoms with E-state index in [2.05, 4.69) is 30.2 Å². The minimum absolute atomic E-state index is 0.170. The van der Waals surface area contributed by atoms with Crippen molar-refractivity contribution in [2.45, 2.75) is 76.5 Å². The van der Waals surface area contributed by atoms with Crippen molar-refractivity contribution in [2.24, 2.45) is 0 Å². The molecule has 12 nitrogen and oxygen atoms in total. The van der Waals surface area contributed by atoms with Gasteiger partial charge in [0.05, 0.1) is 11.4 Å². The third-order valence-corrected chi connectivity index (χ3v) is 9.07. The van der Waals surface area contributed by atoms with Gasteiger partial charge in [-0.05, 0) is 102 Å². The van der Waals surface area contributed by atoms with Crippen LogP contribution in [0.1, 0.15) is 64.4 Å². The summed E-state index contributed by atoms with van der Waals surface area (Å²) in [6.07, 6.45) is 8.91. The number of aromatic nitrogens is 4. The van der Waals surface area contributed by atoms with Gasteiger partial charge in [0.1, 0.15) is 11.4 Å². The number of aromatic hydroxyl groups is 1. The van der Waals surface area contributed by atoms with Gasteiger partial charge < -0.3 is 35.6 Å². The molecule has 2 unspecified atom stereocenters. The summed E-state index contributed by atoms with van der Waals surface area (Å²) in [6.45, 7) is 10.8. The molecule has 240 valence electrons. The van der Waals surface area contributed by atoms with E-state index in [4.69, 9.17) is 20.4 Å². The quantitative estimate of drug-likeness (QED) is 0.314. The number of nitrogens with zero attached hydrogens (tertiary/aromatic N) is 7. The molecule has 2 aromatic heterocycles. The number of carbonyl (C=O) groups is 1. The summed E-state index contributed by atoms with van der Waals surface area (Å²) in [4.78, 5) is 28.7. The highest BCUT2D eigenvalue weighted by Crippen LogP contribution is 2.38. The number of para-hydroxylation sites is 1. The first-order chi connectivity index (χ1) is 21.6. The maximum absolute atomic E-state index is 11.8. The van der Waals surface area contributed by atoms with Crippen molar-refractivity contribution in [3.8, 4) is 17.0 Å². The Morgan fingerprint density at radius 2 is 1.73 bits per heavy atom. The number of piperidine rings is 1. The van der Waals surface area contributed by atoms with Crippen molar-refractivity contribution in [2.75, 3.05) is 54.8 Å². The van der Waals surface area contributed by atoms with Crippen molar-refractivity contribution in [1.29, 1.82) is 0 Å². The monoisotopic (exact) mass is 615 g/mol. The number of amides is 1. The van der Waals surface area contributed by atoms with Crippen molar-refractivity contribution >= 4 is 23.5 Å². The number of piperazine rings is 1. The van der Waals surface area contributed by atoms with Gasteiger partial charge in [-0.25, -0.2) is 14.8 Å². The molecule has 4 N–H and O–H groups in total. The van der Waals surface area contributed by atoms with Gasteiger partial charge in [0, 0.05) is 49.7 Å². The fourth-order valence-electron chi connectivity index (χ4n) is 6.87. The standard InChI is InChI=1S/C33H45N9O3/c1-33(2,3)45-32(44)35-13-6-14-40-15-11-22(12-16-40)23-18-36-31(37-19-23)42-24-9-10-25(42)21-41(20-24)28-17-27(38-39-30(28)34)26-7-4-5-8-29(26)43/h4-5,7-8,17-19,22,24-25,43H,6,9-16,20-21H2,1-3H3,(H2,34,39)(H,35,44). The number of carbonyl (C=O) groups excluding carboxylic acids is 1. The van der Waals surface area contributed by atoms with E-state index in [1.165, 1.54) is 5.56 Å². The Morgan fingerprint density at radius 1 is 1.04 bits per heavy atom. The van der Waals surface area contributed by atoms with Crippen LogP contribution < -0.4 is 20.9 Å². The second-order valence-corrected chi connectivity index (χ2v) is 13.4. The largest absolute Gasteiger partial charge is 0.507 e. The Morgan fingerprint density at radius 3 is 2.40 bits per heavy atom. The summed E-state index contributed by atoms with van der Waals surface area (Å²) in [5.74, 6) is 1.83. The van der Waals surface area contributed by atoms with Crippen molar-refractivity contribution < 1.29 is 14.6 Å². The number of ether oxygens (including phenoxy) is 1. The topological polar surface area (TPSA) is 146 Å². The van der Waals surface area contributed by atoms with E-state index >= 15 is 0 Å². The Kier molecular flexibility index (Phi) is 8.93. The Hall–Kier alpha value is -4.19. The minimum Gasteiger partial charge on any atom is -0.507 e. The summed E-state index contributed by atoms with van der Waals surface area (Å²) in [5.41, 5.74) is 9.14. The molecule has 12 heteroatoms. The maximum Gasteiger partial charge on any atom is 0.407 e. The summed E-state index contributed by atoms with van der Waals surface area (Å²) in [5, 5.41) is 21.7. The van der Waals surface area contributed by atoms with Gasteiger partial charge >= 0.3 is 6.09 Å². The highest BCUT2D eigenvalue weighted by Gasteiger charge is 2.42. The molecule has 3 aromatic rings. The molecule has 0 spiro atoms. The SMILES string of the molecule is CC(C)(C)OC(=O)NCCCN1CCC(c2cnc(N3C4CCC3CN(c3cc(-c5ccccc5O)nnc3N)C4)nc2)CC1. The summed E-state index contributed by atoms with van der Waals surface area (Å²) < 4.78 is 5.31. The molecule has 3 saturated heterocycles. The number of rotatable bonds is 8. The smallest absolute Gasteiger partial charge is 0.407 e. The van der Waals surface area contributed by atoms with Crippen molar-refractivity contribution in [3.63, 3.8) is 0 Å². The Labute approximate surface area is 265 Å². The molecule has 1 aromatic carbocycles. The molecular weight excluding hydrogens is 570 g/mol. The highest BCUT2D eigenvalue weighted by atomic mass is 16.6. The number of hydrogen-bond donors (Lipinski definition) is 3. The average Bonchev–Trinajstić information content (AvgIpc) is 3.28. The van der Waals surface area contributed by atoms with Crippen LogP contribution in [0.2, 0.25) is 0 Å². The molecule has 2 atom stereocenters. The first kappa shape index (κ1) is 30.8. The molecule has 2 bridgehead atoms. The third-order valence-electron chi connectivity index (χ3n) is 9.07. The first-order valence-electron chi connectivity index (χ1n) is 16.1. The number of hydrogen-bond acceptors (Lipinski definition) is 11. The zero-order valence-corrected chi connectivity index (χ0v) is 26.5. The van der Waals surface area contributed by atoms with Gasteiger partial charge in [-0.2, -0.15) is 0 Å². The van der Waals surface area contributed by atoms with Gasteiger partial charge in [-0.3, -0.25) is 0 Å². The zero-order chi connectivity index (χ0) is 31.6. The number of nitrogens with two attached hydrogens (primary N) is 1. The van der Waals surface area contributed by atoms with Gasteiger partial charge in [-0.1, -0.05) is 12.1 Å². The first-order valence-corrected chi connectivity index (χ1v) is 16.1. The van der Waals surface area contributed by atoms with E-state index in [-0.39, 0.29) is 23.9 Å². The number of nitrogens with one attached hydrogen (secondary N) is 1. The fourth-order valence-corrected chi connectivity index (χ4v) is 6.87. The van der Waals surface area contributed by atoms with Crippen LogP contribution in [-0.4, -0.2) is 93.2 Å². The lowest BCUT2D eigenvalue weighted by Crippen LogP contribution is -2.54. The fraction of sp³-hybridized carbons (Fsp3) is 0.545. The van der Waals surface area contributed by atoms with Gasteiger partial charge in [-0.15, -0.1) is 10.2 Å². The highest BCUT2D eigenvalue weighted by molar-refractivity contribution is 5.74. The zero-order valence-electron chi connectivity index (χ0n) is 26.5. The molecule has 1 amide bonds. The second kappa shape index (κ2) is 13.0. The van der Waals surface area contributed by atoms with Crippen LogP contribution in [0.3, 0.4) is 0 Å². The third kappa shape index (κ3) is 7.22. The van der Waals surface area contributed by atoms with Crippen LogP contribution >= 0.6 is 0 Å². The van der Waals surface area contributed by atoms with Crippen molar-refractivity contribution in [1.82, 2.24) is 30.4 Å². The molecule has 3 aliphatic rings. The lowest BCUT2D eigenvalue weighted by atomic mass is 9.91. The molecule has 3 aliphatic heterocycles. The molecule has 0 radical (unpaired) electrons. The Balaban J connectivity index is 1.01. The van der Waals surface area contributed by atoms with Crippen molar-refractivity contribution in [3.05, 3.63) is 48.3 Å². The second-order valence-electron chi connectivity index (χ2n) is 13.4. The molecular formula is C33H45N9O3. The predicted octanol–water partition coefficient (Wildman–Crippen LogP) is 4.17. The number of phenolic OH excluding ortho intramolecular Hbond substituents is 1. The maximum atomic E-state index is 11.8. The van der Waals surface area contributed by atoms with Gasteiger partial charge in [0.2, 0.25) is 5.95 Å². The molecule has 5 heterocycles. The van der Waals surface area contributed by atoms with E-state index in [0.29, 0.717) is 29.5 Å². The number of likely N-dealkylation sites (tertiary alicyclic amines) is 1. The number of nitrogen functional groups attached to an aromatic ring is 1. The van der Waals surface area contributed by atoms with Gasteiger partial charge in [0.15, 0.2) is 5.82 Å². The summed E-state index contributed by atoms with van der Waals surface area (Å²) in [6, 6.07) is 9.64. The van der Waals surface area contributed by atoms with Crippen LogP contribution in [0.25, 0.3) is 11.3 Å². The number of phenols is 1. The molecule has 6 rings (SSSR count). The van der Waals surface area contributed by atoms with E-state index in [0.717, 1.165) is 76.5 Å². The lowest BCUT2D eigenvalue weighted by molar-refractivity contribution is 0.0525. The minimum atomic E-state index is -0.476. The Bertz CT molecular complexity index is 1460. The number of anilines is 3.